The van der Waals surface area contributed by atoms with Crippen molar-refractivity contribution in [2.75, 3.05) is 13.7 Å². The first-order chi connectivity index (χ1) is 15.9. The summed E-state index contributed by atoms with van der Waals surface area (Å²) in [5.74, 6) is -1.15. The second-order valence-corrected chi connectivity index (χ2v) is 8.40. The Balaban J connectivity index is 1.49. The Labute approximate surface area is 191 Å². The summed E-state index contributed by atoms with van der Waals surface area (Å²) in [5, 5.41) is 0.829. The monoisotopic (exact) mass is 451 g/mol. The normalized spacial score (nSPS) is 16.0. The van der Waals surface area contributed by atoms with E-state index in [2.05, 4.69) is 4.98 Å². The second-order valence-electron chi connectivity index (χ2n) is 8.40. The summed E-state index contributed by atoms with van der Waals surface area (Å²) in [5.41, 5.74) is 2.81. The van der Waals surface area contributed by atoms with Crippen LogP contribution in [0.25, 0.3) is 10.9 Å². The van der Waals surface area contributed by atoms with E-state index in [0.29, 0.717) is 16.8 Å². The lowest BCUT2D eigenvalue weighted by Gasteiger charge is -2.16. The summed E-state index contributed by atoms with van der Waals surface area (Å²) in [4.78, 5) is 41.1. The Morgan fingerprint density at radius 2 is 2.00 bits per heavy atom. The highest BCUT2D eigenvalue weighted by molar-refractivity contribution is 6.02. The topological polar surface area (TPSA) is 85.5 Å². The first-order valence-electron chi connectivity index (χ1n) is 11.0. The van der Waals surface area contributed by atoms with Gasteiger partial charge in [0.1, 0.15) is 17.3 Å². The Morgan fingerprint density at radius 3 is 2.76 bits per heavy atom. The number of rotatable bonds is 9. The molecule has 1 aliphatic carbocycles. The van der Waals surface area contributed by atoms with Crippen LogP contribution in [0.1, 0.15) is 53.7 Å². The summed E-state index contributed by atoms with van der Waals surface area (Å²) in [7, 11) is 1.56. The highest BCUT2D eigenvalue weighted by Gasteiger charge is 2.33. The number of aromatic nitrogens is 1. The van der Waals surface area contributed by atoms with E-state index in [1.807, 2.05) is 12.1 Å². The highest BCUT2D eigenvalue weighted by Crippen LogP contribution is 2.38. The average molecular weight is 451 g/mol. The van der Waals surface area contributed by atoms with Crippen molar-refractivity contribution in [1.29, 1.82) is 0 Å². The predicted octanol–water partition coefficient (Wildman–Crippen LogP) is 4.76. The maximum absolute atomic E-state index is 13.5. The molecule has 6 nitrogen and oxygen atoms in total. The third-order valence-corrected chi connectivity index (χ3v) is 6.11. The van der Waals surface area contributed by atoms with Crippen LogP contribution < -0.4 is 4.74 Å². The Kier molecular flexibility index (Phi) is 6.58. The molecule has 1 heterocycles. The molecule has 3 aromatic rings. The van der Waals surface area contributed by atoms with Crippen molar-refractivity contribution in [2.45, 2.75) is 38.5 Å². The minimum atomic E-state index is -0.669. The molecule has 1 unspecified atom stereocenters. The molecule has 1 aliphatic rings. The quantitative estimate of drug-likeness (QED) is 0.474. The molecule has 4 rings (SSSR count). The number of Topliss-reactive ketones (excluding diaryl/α,β-unsaturated/α-hetero) is 2. The molecule has 33 heavy (non-hydrogen) atoms. The number of ether oxygens (including phenoxy) is 2. The summed E-state index contributed by atoms with van der Waals surface area (Å²) in [6.45, 7) is 1.93. The Bertz CT molecular complexity index is 1210. The van der Waals surface area contributed by atoms with E-state index in [9.17, 15) is 18.8 Å². The molecule has 2 atom stereocenters. The van der Waals surface area contributed by atoms with Crippen LogP contribution in [0.2, 0.25) is 0 Å². The summed E-state index contributed by atoms with van der Waals surface area (Å²) >= 11 is 0. The number of methoxy groups -OCH3 is 1. The van der Waals surface area contributed by atoms with Gasteiger partial charge in [0.05, 0.1) is 19.6 Å². The van der Waals surface area contributed by atoms with Crippen molar-refractivity contribution in [1.82, 2.24) is 4.98 Å². The lowest BCUT2D eigenvalue weighted by Crippen LogP contribution is -2.24. The number of hydrogen-bond acceptors (Lipinski definition) is 5. The van der Waals surface area contributed by atoms with Gasteiger partial charge in [-0.3, -0.25) is 14.4 Å². The van der Waals surface area contributed by atoms with Crippen molar-refractivity contribution < 1.29 is 28.2 Å². The van der Waals surface area contributed by atoms with Crippen LogP contribution >= 0.6 is 0 Å². The zero-order chi connectivity index (χ0) is 23.5. The molecule has 7 heteroatoms. The van der Waals surface area contributed by atoms with Crippen molar-refractivity contribution in [3.8, 4) is 5.75 Å². The zero-order valence-electron chi connectivity index (χ0n) is 18.7. The molecular formula is C26H26FNO5. The Hall–Kier alpha value is -3.48. The summed E-state index contributed by atoms with van der Waals surface area (Å²) in [6.07, 6.45) is 0.715. The number of halogens is 1. The zero-order valence-corrected chi connectivity index (χ0v) is 18.7. The fraction of sp³-hybridized carbons (Fsp3) is 0.346. The van der Waals surface area contributed by atoms with Gasteiger partial charge in [0.15, 0.2) is 5.78 Å². The van der Waals surface area contributed by atoms with Gasteiger partial charge in [0.25, 0.3) is 0 Å². The smallest absolute Gasteiger partial charge is 0.309 e. The van der Waals surface area contributed by atoms with E-state index in [0.717, 1.165) is 16.6 Å². The van der Waals surface area contributed by atoms with Gasteiger partial charge in [0, 0.05) is 42.5 Å². The van der Waals surface area contributed by atoms with Crippen molar-refractivity contribution >= 4 is 28.4 Å². The van der Waals surface area contributed by atoms with Gasteiger partial charge in [-0.25, -0.2) is 4.39 Å². The van der Waals surface area contributed by atoms with Crippen LogP contribution in [0.5, 0.6) is 5.75 Å². The van der Waals surface area contributed by atoms with E-state index in [4.69, 9.17) is 9.47 Å². The third kappa shape index (κ3) is 4.97. The number of carbonyl (C=O) groups is 3. The van der Waals surface area contributed by atoms with Crippen LogP contribution in [0.4, 0.5) is 4.39 Å². The van der Waals surface area contributed by atoms with Gasteiger partial charge < -0.3 is 14.5 Å². The third-order valence-electron chi connectivity index (χ3n) is 6.11. The maximum Gasteiger partial charge on any atom is 0.309 e. The number of ketones is 2. The number of H-pyrrole nitrogens is 1. The molecule has 1 aromatic heterocycles. The Morgan fingerprint density at radius 1 is 1.18 bits per heavy atom. The minimum Gasteiger partial charge on any atom is -0.497 e. The van der Waals surface area contributed by atoms with Gasteiger partial charge in [-0.1, -0.05) is 0 Å². The van der Waals surface area contributed by atoms with Gasteiger partial charge >= 0.3 is 5.97 Å². The second kappa shape index (κ2) is 9.57. The molecule has 0 spiro atoms. The molecule has 0 radical (unpaired) electrons. The minimum absolute atomic E-state index is 0.00650. The number of aromatic amines is 1. The standard InChI is InChI=1S/C26H26FNO5/c1-3-33-26(31)17(9-19-8-15-4-5-18(27)13-24(15)28-19)11-20(29)10-16-12-25(30)22-7-6-21(32-2)14-23(16)22/h4-8,13-14,16-17,28H,3,9-12H2,1-2H3/t16?,17-/m0/s1. The average Bonchev–Trinajstić information content (AvgIpc) is 3.32. The predicted molar refractivity (Wildman–Crippen MR) is 121 cm³/mol. The number of esters is 1. The van der Waals surface area contributed by atoms with E-state index in [1.165, 1.54) is 12.1 Å². The lowest BCUT2D eigenvalue weighted by atomic mass is 9.90. The van der Waals surface area contributed by atoms with E-state index in [1.54, 1.807) is 32.2 Å². The fourth-order valence-electron chi connectivity index (χ4n) is 4.55. The van der Waals surface area contributed by atoms with E-state index < -0.39 is 11.9 Å². The molecule has 172 valence electrons. The number of hydrogen-bond donors (Lipinski definition) is 1. The van der Waals surface area contributed by atoms with Crippen LogP contribution in [0.15, 0.2) is 42.5 Å². The fourth-order valence-corrected chi connectivity index (χ4v) is 4.55. The number of benzene rings is 2. The van der Waals surface area contributed by atoms with Crippen molar-refractivity contribution in [2.24, 2.45) is 5.92 Å². The van der Waals surface area contributed by atoms with E-state index in [-0.39, 0.29) is 55.6 Å². The molecule has 0 amide bonds. The summed E-state index contributed by atoms with van der Waals surface area (Å²) < 4.78 is 24.0. The molecule has 1 N–H and O–H groups in total. The maximum atomic E-state index is 13.5. The summed E-state index contributed by atoms with van der Waals surface area (Å²) in [6, 6.07) is 11.6. The van der Waals surface area contributed by atoms with Gasteiger partial charge in [-0.05, 0) is 66.3 Å². The lowest BCUT2D eigenvalue weighted by molar-refractivity contribution is -0.149. The molecule has 0 fully saturated rings. The van der Waals surface area contributed by atoms with Crippen molar-refractivity contribution in [3.63, 3.8) is 0 Å². The molecule has 2 aromatic carbocycles. The van der Waals surface area contributed by atoms with Crippen LogP contribution in [-0.2, 0) is 20.7 Å². The van der Waals surface area contributed by atoms with E-state index >= 15 is 0 Å². The molecule has 0 aliphatic heterocycles. The first kappa shape index (κ1) is 22.7. The number of nitrogens with one attached hydrogen (secondary N) is 1. The molecule has 0 saturated carbocycles. The van der Waals surface area contributed by atoms with Crippen LogP contribution in [0.3, 0.4) is 0 Å². The molecule has 0 bridgehead atoms. The highest BCUT2D eigenvalue weighted by atomic mass is 19.1. The first-order valence-corrected chi connectivity index (χ1v) is 11.0. The van der Waals surface area contributed by atoms with Crippen molar-refractivity contribution in [3.05, 3.63) is 65.1 Å². The molecule has 0 saturated heterocycles. The number of carbonyl (C=O) groups excluding carboxylic acids is 3. The van der Waals surface area contributed by atoms with Crippen LogP contribution in [-0.4, -0.2) is 36.2 Å². The van der Waals surface area contributed by atoms with Crippen LogP contribution in [0, 0.1) is 11.7 Å². The molecular weight excluding hydrogens is 425 g/mol. The largest absolute Gasteiger partial charge is 0.497 e. The SMILES string of the molecule is CCOC(=O)[C@H](CC(=O)CC1CC(=O)c2ccc(OC)cc21)Cc1cc2ccc(F)cc2[nH]1. The van der Waals surface area contributed by atoms with Gasteiger partial charge in [-0.15, -0.1) is 0 Å². The van der Waals surface area contributed by atoms with Gasteiger partial charge in [0.2, 0.25) is 0 Å². The number of fused-ring (bicyclic) bond motifs is 2. The van der Waals surface area contributed by atoms with Gasteiger partial charge in [-0.2, -0.15) is 0 Å².